The second kappa shape index (κ2) is 8.28. The van der Waals surface area contributed by atoms with E-state index >= 15 is 0 Å². The summed E-state index contributed by atoms with van der Waals surface area (Å²) in [5.74, 6) is -0.703. The minimum absolute atomic E-state index is 0.00202. The standard InChI is InChI=1S/C18H23F3N2O4S/c19-18(20,21)27-15-8-4-5-9-16(15)28(25,26)23-12-10-22(11-13-23)17(24)14-6-2-1-3-7-14/h4-5,8-9,14H,1-3,6-7,10-13H2. The Hall–Kier alpha value is -1.81. The van der Waals surface area contributed by atoms with Crippen LogP contribution in [0.4, 0.5) is 13.2 Å². The molecule has 0 spiro atoms. The Labute approximate surface area is 162 Å². The minimum Gasteiger partial charge on any atom is -0.404 e. The molecule has 10 heteroatoms. The van der Waals surface area contributed by atoms with Crippen LogP contribution in [0.3, 0.4) is 0 Å². The van der Waals surface area contributed by atoms with Gasteiger partial charge < -0.3 is 9.64 Å². The Morgan fingerprint density at radius 2 is 1.61 bits per heavy atom. The lowest BCUT2D eigenvalue weighted by atomic mass is 9.88. The summed E-state index contributed by atoms with van der Waals surface area (Å²) in [4.78, 5) is 13.7. The number of benzene rings is 1. The van der Waals surface area contributed by atoms with Crippen LogP contribution in [0, 0.1) is 5.92 Å². The number of amides is 1. The number of hydrogen-bond acceptors (Lipinski definition) is 4. The molecule has 1 aliphatic heterocycles. The van der Waals surface area contributed by atoms with Crippen LogP contribution in [0.2, 0.25) is 0 Å². The monoisotopic (exact) mass is 420 g/mol. The molecule has 0 atom stereocenters. The number of carbonyl (C=O) groups excluding carboxylic acids is 1. The Kier molecular flexibility index (Phi) is 6.18. The van der Waals surface area contributed by atoms with E-state index in [1.54, 1.807) is 4.90 Å². The van der Waals surface area contributed by atoms with E-state index in [0.29, 0.717) is 0 Å². The molecule has 3 rings (SSSR count). The predicted octanol–water partition coefficient (Wildman–Crippen LogP) is 3.00. The molecule has 0 N–H and O–H groups in total. The maximum atomic E-state index is 12.8. The van der Waals surface area contributed by atoms with Gasteiger partial charge in [0.05, 0.1) is 0 Å². The van der Waals surface area contributed by atoms with Crippen LogP contribution >= 0.6 is 0 Å². The zero-order valence-corrected chi connectivity index (χ0v) is 16.1. The summed E-state index contributed by atoms with van der Waals surface area (Å²) < 4.78 is 68.5. The summed E-state index contributed by atoms with van der Waals surface area (Å²) in [6.07, 6.45) is -0.0770. The van der Waals surface area contributed by atoms with Gasteiger partial charge in [0.1, 0.15) is 10.6 Å². The fourth-order valence-corrected chi connectivity index (χ4v) is 5.30. The summed E-state index contributed by atoms with van der Waals surface area (Å²) in [5.41, 5.74) is 0. The Bertz CT molecular complexity index is 799. The fraction of sp³-hybridized carbons (Fsp3) is 0.611. The van der Waals surface area contributed by atoms with E-state index in [0.717, 1.165) is 48.5 Å². The van der Waals surface area contributed by atoms with Gasteiger partial charge in [-0.2, -0.15) is 4.31 Å². The quantitative estimate of drug-likeness (QED) is 0.751. The van der Waals surface area contributed by atoms with Crippen molar-refractivity contribution in [1.29, 1.82) is 0 Å². The topological polar surface area (TPSA) is 66.9 Å². The number of para-hydroxylation sites is 1. The molecular formula is C18H23F3N2O4S. The van der Waals surface area contributed by atoms with Crippen molar-refractivity contribution in [3.05, 3.63) is 24.3 Å². The molecule has 1 saturated carbocycles. The van der Waals surface area contributed by atoms with E-state index in [1.807, 2.05) is 0 Å². The first kappa shape index (κ1) is 20.9. The SMILES string of the molecule is O=C(C1CCCCC1)N1CCN(S(=O)(=O)c2ccccc2OC(F)(F)F)CC1. The van der Waals surface area contributed by atoms with Crippen LogP contribution < -0.4 is 4.74 Å². The molecule has 0 aromatic heterocycles. The average molecular weight is 420 g/mol. The number of carbonyl (C=O) groups is 1. The first-order chi connectivity index (χ1) is 13.2. The van der Waals surface area contributed by atoms with Gasteiger partial charge in [-0.05, 0) is 25.0 Å². The first-order valence-electron chi connectivity index (χ1n) is 9.32. The van der Waals surface area contributed by atoms with Crippen molar-refractivity contribution in [3.63, 3.8) is 0 Å². The van der Waals surface area contributed by atoms with Crippen molar-refractivity contribution in [1.82, 2.24) is 9.21 Å². The third-order valence-electron chi connectivity index (χ3n) is 5.20. The van der Waals surface area contributed by atoms with E-state index in [9.17, 15) is 26.4 Å². The van der Waals surface area contributed by atoms with E-state index in [4.69, 9.17) is 0 Å². The molecule has 2 fully saturated rings. The molecule has 156 valence electrons. The third kappa shape index (κ3) is 4.78. The van der Waals surface area contributed by atoms with Gasteiger partial charge in [0.15, 0.2) is 0 Å². The zero-order chi connectivity index (χ0) is 20.4. The smallest absolute Gasteiger partial charge is 0.404 e. The van der Waals surface area contributed by atoms with E-state index in [1.165, 1.54) is 12.1 Å². The van der Waals surface area contributed by atoms with Gasteiger partial charge >= 0.3 is 6.36 Å². The largest absolute Gasteiger partial charge is 0.573 e. The highest BCUT2D eigenvalue weighted by Crippen LogP contribution is 2.32. The molecule has 0 radical (unpaired) electrons. The minimum atomic E-state index is -4.99. The lowest BCUT2D eigenvalue weighted by Crippen LogP contribution is -2.52. The zero-order valence-electron chi connectivity index (χ0n) is 15.3. The summed E-state index contributed by atoms with van der Waals surface area (Å²) in [6.45, 7) is 0.552. The van der Waals surface area contributed by atoms with Crippen LogP contribution in [0.15, 0.2) is 29.2 Å². The Morgan fingerprint density at radius 1 is 1.00 bits per heavy atom. The average Bonchev–Trinajstić information content (AvgIpc) is 2.67. The van der Waals surface area contributed by atoms with E-state index in [-0.39, 0.29) is 38.0 Å². The molecule has 0 unspecified atom stereocenters. The lowest BCUT2D eigenvalue weighted by Gasteiger charge is -2.36. The predicted molar refractivity (Wildman–Crippen MR) is 95.0 cm³/mol. The summed E-state index contributed by atoms with van der Waals surface area (Å²) in [5, 5.41) is 0. The van der Waals surface area contributed by atoms with Crippen molar-refractivity contribution in [2.24, 2.45) is 5.92 Å². The molecule has 28 heavy (non-hydrogen) atoms. The van der Waals surface area contributed by atoms with Crippen molar-refractivity contribution in [2.75, 3.05) is 26.2 Å². The normalized spacial score (nSPS) is 20.2. The number of nitrogens with zero attached hydrogens (tertiary/aromatic N) is 2. The molecule has 2 aliphatic rings. The molecule has 1 aromatic rings. The summed E-state index contributed by atoms with van der Waals surface area (Å²) in [7, 11) is -4.17. The van der Waals surface area contributed by atoms with E-state index < -0.39 is 27.0 Å². The Morgan fingerprint density at radius 3 is 2.21 bits per heavy atom. The second-order valence-corrected chi connectivity index (χ2v) is 8.97. The lowest BCUT2D eigenvalue weighted by molar-refractivity contribution is -0.275. The number of rotatable bonds is 4. The van der Waals surface area contributed by atoms with Crippen LogP contribution in [-0.4, -0.2) is 56.1 Å². The van der Waals surface area contributed by atoms with E-state index in [2.05, 4.69) is 4.74 Å². The molecule has 1 aliphatic carbocycles. The number of alkyl halides is 3. The van der Waals surface area contributed by atoms with Crippen molar-refractivity contribution in [2.45, 2.75) is 43.4 Å². The van der Waals surface area contributed by atoms with Crippen molar-refractivity contribution in [3.8, 4) is 5.75 Å². The number of piperazine rings is 1. The van der Waals surface area contributed by atoms with Gasteiger partial charge in [0, 0.05) is 32.1 Å². The second-order valence-electron chi connectivity index (χ2n) is 7.06. The Balaban J connectivity index is 1.69. The van der Waals surface area contributed by atoms with Gasteiger partial charge in [-0.3, -0.25) is 4.79 Å². The summed E-state index contributed by atoms with van der Waals surface area (Å²) >= 11 is 0. The molecule has 6 nitrogen and oxygen atoms in total. The molecule has 1 heterocycles. The molecular weight excluding hydrogens is 397 g/mol. The van der Waals surface area contributed by atoms with Crippen LogP contribution in [-0.2, 0) is 14.8 Å². The van der Waals surface area contributed by atoms with Gasteiger partial charge in [-0.15, -0.1) is 13.2 Å². The van der Waals surface area contributed by atoms with Crippen molar-refractivity contribution < 1.29 is 31.1 Å². The summed E-state index contributed by atoms with van der Waals surface area (Å²) in [6, 6.07) is 4.69. The molecule has 1 aromatic carbocycles. The number of halogens is 3. The highest BCUT2D eigenvalue weighted by Gasteiger charge is 2.37. The van der Waals surface area contributed by atoms with Gasteiger partial charge in [-0.1, -0.05) is 31.4 Å². The van der Waals surface area contributed by atoms with Crippen LogP contribution in [0.5, 0.6) is 5.75 Å². The molecule has 1 amide bonds. The third-order valence-corrected chi connectivity index (χ3v) is 7.14. The van der Waals surface area contributed by atoms with Gasteiger partial charge in [0.2, 0.25) is 15.9 Å². The number of sulfonamides is 1. The van der Waals surface area contributed by atoms with Crippen molar-refractivity contribution >= 4 is 15.9 Å². The number of hydrogen-bond donors (Lipinski definition) is 0. The maximum absolute atomic E-state index is 12.8. The van der Waals surface area contributed by atoms with Crippen LogP contribution in [0.1, 0.15) is 32.1 Å². The number of ether oxygens (including phenoxy) is 1. The fourth-order valence-electron chi connectivity index (χ4n) is 3.77. The molecule has 0 bridgehead atoms. The molecule has 1 saturated heterocycles. The first-order valence-corrected chi connectivity index (χ1v) is 10.8. The van der Waals surface area contributed by atoms with Gasteiger partial charge in [0.25, 0.3) is 0 Å². The van der Waals surface area contributed by atoms with Crippen LogP contribution in [0.25, 0.3) is 0 Å². The highest BCUT2D eigenvalue weighted by atomic mass is 32.2. The maximum Gasteiger partial charge on any atom is 0.573 e. The highest BCUT2D eigenvalue weighted by molar-refractivity contribution is 7.89. The van der Waals surface area contributed by atoms with Gasteiger partial charge in [-0.25, -0.2) is 8.42 Å².